The van der Waals surface area contributed by atoms with Gasteiger partial charge >= 0.3 is 0 Å². The van der Waals surface area contributed by atoms with E-state index in [1.807, 2.05) is 6.07 Å². The van der Waals surface area contributed by atoms with Crippen molar-refractivity contribution in [2.75, 3.05) is 18.6 Å². The van der Waals surface area contributed by atoms with Crippen molar-refractivity contribution in [2.45, 2.75) is 0 Å². The molecule has 0 atom stereocenters. The molecule has 102 valence electrons. The number of halogens is 2. The Labute approximate surface area is 122 Å². The molecule has 0 bridgehead atoms. The minimum atomic E-state index is -0.612. The fraction of sp³-hybridized carbons (Fsp3) is 0.0833. The summed E-state index contributed by atoms with van der Waals surface area (Å²) >= 11 is 3.24. The van der Waals surface area contributed by atoms with Crippen molar-refractivity contribution >= 4 is 27.7 Å². The lowest BCUT2D eigenvalue weighted by Crippen LogP contribution is -2.05. The van der Waals surface area contributed by atoms with Crippen molar-refractivity contribution in [3.05, 3.63) is 28.0 Å². The highest BCUT2D eigenvalue weighted by Gasteiger charge is 2.18. The molecule has 0 spiro atoms. The van der Waals surface area contributed by atoms with Crippen LogP contribution < -0.4 is 16.2 Å². The minimum absolute atomic E-state index is 0.0323. The van der Waals surface area contributed by atoms with Crippen LogP contribution in [0.3, 0.4) is 0 Å². The topological polar surface area (TPSA) is 111 Å². The number of hydrogen-bond donors (Lipinski definition) is 2. The van der Waals surface area contributed by atoms with Gasteiger partial charge < -0.3 is 16.2 Å². The normalized spacial score (nSPS) is 10.1. The van der Waals surface area contributed by atoms with Crippen LogP contribution in [0.5, 0.6) is 5.75 Å². The van der Waals surface area contributed by atoms with Gasteiger partial charge in [-0.3, -0.25) is 0 Å². The molecule has 1 aromatic heterocycles. The Morgan fingerprint density at radius 3 is 2.65 bits per heavy atom. The van der Waals surface area contributed by atoms with Gasteiger partial charge in [-0.1, -0.05) is 0 Å². The molecule has 0 amide bonds. The summed E-state index contributed by atoms with van der Waals surface area (Å²) < 4.78 is 19.6. The molecule has 1 aromatic carbocycles. The third-order valence-electron chi connectivity index (χ3n) is 2.56. The molecule has 4 N–H and O–H groups in total. The lowest BCUT2D eigenvalue weighted by atomic mass is 10.1. The monoisotopic (exact) mass is 337 g/mol. The van der Waals surface area contributed by atoms with Crippen LogP contribution in [0, 0.1) is 17.1 Å². The van der Waals surface area contributed by atoms with Gasteiger partial charge in [-0.15, -0.1) is 0 Å². The van der Waals surface area contributed by atoms with Gasteiger partial charge in [0, 0.05) is 11.6 Å². The van der Waals surface area contributed by atoms with Gasteiger partial charge in [-0.2, -0.15) is 10.2 Å². The smallest absolute Gasteiger partial charge is 0.222 e. The first-order chi connectivity index (χ1) is 9.47. The third kappa shape index (κ3) is 2.35. The van der Waals surface area contributed by atoms with E-state index < -0.39 is 5.82 Å². The Balaban J connectivity index is 2.75. The van der Waals surface area contributed by atoms with Crippen molar-refractivity contribution in [3.8, 4) is 23.1 Å². The van der Waals surface area contributed by atoms with Crippen LogP contribution in [0.25, 0.3) is 11.3 Å². The highest BCUT2D eigenvalue weighted by molar-refractivity contribution is 9.10. The fourth-order valence-electron chi connectivity index (χ4n) is 1.67. The molecular weight excluding hydrogens is 329 g/mol. The summed E-state index contributed by atoms with van der Waals surface area (Å²) in [6.45, 7) is 0. The summed E-state index contributed by atoms with van der Waals surface area (Å²) in [5.41, 5.74) is 11.2. The zero-order valence-corrected chi connectivity index (χ0v) is 11.9. The Morgan fingerprint density at radius 2 is 2.05 bits per heavy atom. The maximum Gasteiger partial charge on any atom is 0.222 e. The molecular formula is C12H9BrFN5O. The number of aromatic nitrogens is 2. The average Bonchev–Trinajstić information content (AvgIpc) is 2.40. The molecule has 0 saturated heterocycles. The summed E-state index contributed by atoms with van der Waals surface area (Å²) in [6, 6.07) is 4.46. The molecule has 20 heavy (non-hydrogen) atoms. The van der Waals surface area contributed by atoms with Crippen molar-refractivity contribution < 1.29 is 9.13 Å². The molecule has 0 aliphatic heterocycles. The SMILES string of the molecule is COc1cc(F)c(-c2nc(N)nc(N)c2C#N)cc1Br. The van der Waals surface area contributed by atoms with E-state index in [-0.39, 0.29) is 28.6 Å². The Bertz CT molecular complexity index is 729. The Hall–Kier alpha value is -2.40. The van der Waals surface area contributed by atoms with Crippen LogP contribution in [0.1, 0.15) is 5.56 Å². The number of nitrogen functional groups attached to an aromatic ring is 2. The van der Waals surface area contributed by atoms with Crippen LogP contribution in [-0.2, 0) is 0 Å². The standard InChI is InChI=1S/C12H9BrFN5O/c1-20-9-3-8(14)5(2-7(9)13)10-6(4-15)11(16)19-12(17)18-10/h2-3H,1H3,(H4,16,17,18,19). The van der Waals surface area contributed by atoms with Gasteiger partial charge in [0.25, 0.3) is 0 Å². The second kappa shape index (κ2) is 5.30. The molecule has 8 heteroatoms. The van der Waals surface area contributed by atoms with Gasteiger partial charge in [0.05, 0.1) is 17.3 Å². The molecule has 0 aliphatic rings. The maximum absolute atomic E-state index is 14.1. The number of rotatable bonds is 2. The zero-order valence-electron chi connectivity index (χ0n) is 10.3. The predicted molar refractivity (Wildman–Crippen MR) is 75.2 cm³/mol. The summed E-state index contributed by atoms with van der Waals surface area (Å²) in [7, 11) is 1.42. The zero-order chi connectivity index (χ0) is 14.9. The molecule has 2 aromatic rings. The average molecular weight is 338 g/mol. The number of nitrogens with two attached hydrogens (primary N) is 2. The minimum Gasteiger partial charge on any atom is -0.495 e. The van der Waals surface area contributed by atoms with Gasteiger partial charge in [0.2, 0.25) is 5.95 Å². The molecule has 0 unspecified atom stereocenters. The lowest BCUT2D eigenvalue weighted by Gasteiger charge is -2.10. The summed E-state index contributed by atoms with van der Waals surface area (Å²) in [4.78, 5) is 7.57. The Morgan fingerprint density at radius 1 is 1.35 bits per heavy atom. The van der Waals surface area contributed by atoms with Crippen LogP contribution in [-0.4, -0.2) is 17.1 Å². The summed E-state index contributed by atoms with van der Waals surface area (Å²) in [6.07, 6.45) is 0. The van der Waals surface area contributed by atoms with Crippen LogP contribution in [0.2, 0.25) is 0 Å². The number of benzene rings is 1. The second-order valence-electron chi connectivity index (χ2n) is 3.77. The van der Waals surface area contributed by atoms with E-state index in [0.717, 1.165) is 0 Å². The number of methoxy groups -OCH3 is 1. The van der Waals surface area contributed by atoms with E-state index in [4.69, 9.17) is 21.5 Å². The van der Waals surface area contributed by atoms with Crippen molar-refractivity contribution in [3.63, 3.8) is 0 Å². The first kappa shape index (κ1) is 14.0. The lowest BCUT2D eigenvalue weighted by molar-refractivity contribution is 0.409. The third-order valence-corrected chi connectivity index (χ3v) is 3.18. The van der Waals surface area contributed by atoms with Gasteiger partial charge in [0.1, 0.15) is 29.0 Å². The van der Waals surface area contributed by atoms with E-state index in [0.29, 0.717) is 10.2 Å². The highest BCUT2D eigenvalue weighted by atomic mass is 79.9. The van der Waals surface area contributed by atoms with Gasteiger partial charge in [0.15, 0.2) is 0 Å². The maximum atomic E-state index is 14.1. The number of anilines is 2. The highest BCUT2D eigenvalue weighted by Crippen LogP contribution is 2.34. The molecule has 0 aliphatic carbocycles. The fourth-order valence-corrected chi connectivity index (χ4v) is 2.17. The van der Waals surface area contributed by atoms with E-state index in [9.17, 15) is 4.39 Å². The molecule has 6 nitrogen and oxygen atoms in total. The van der Waals surface area contributed by atoms with Crippen molar-refractivity contribution in [2.24, 2.45) is 0 Å². The van der Waals surface area contributed by atoms with Crippen molar-refractivity contribution in [1.82, 2.24) is 9.97 Å². The van der Waals surface area contributed by atoms with E-state index in [1.165, 1.54) is 19.2 Å². The molecule has 0 saturated carbocycles. The van der Waals surface area contributed by atoms with E-state index in [2.05, 4.69) is 25.9 Å². The van der Waals surface area contributed by atoms with Crippen LogP contribution in [0.4, 0.5) is 16.2 Å². The van der Waals surface area contributed by atoms with E-state index in [1.54, 1.807) is 0 Å². The summed E-state index contributed by atoms with van der Waals surface area (Å²) in [5.74, 6) is -0.525. The first-order valence-corrected chi connectivity index (χ1v) is 6.13. The number of ether oxygens (including phenoxy) is 1. The van der Waals surface area contributed by atoms with Gasteiger partial charge in [-0.05, 0) is 22.0 Å². The molecule has 0 radical (unpaired) electrons. The predicted octanol–water partition coefficient (Wildman–Crippen LogP) is 2.09. The number of nitrogens with zero attached hydrogens (tertiary/aromatic N) is 3. The van der Waals surface area contributed by atoms with Crippen LogP contribution in [0.15, 0.2) is 16.6 Å². The summed E-state index contributed by atoms with van der Waals surface area (Å²) in [5, 5.41) is 9.10. The molecule has 2 rings (SSSR count). The van der Waals surface area contributed by atoms with E-state index >= 15 is 0 Å². The Kier molecular flexibility index (Phi) is 3.72. The molecule has 0 fully saturated rings. The quantitative estimate of drug-likeness (QED) is 0.867. The van der Waals surface area contributed by atoms with Gasteiger partial charge in [-0.25, -0.2) is 9.37 Å². The number of nitriles is 1. The molecule has 1 heterocycles. The van der Waals surface area contributed by atoms with Crippen molar-refractivity contribution in [1.29, 1.82) is 5.26 Å². The second-order valence-corrected chi connectivity index (χ2v) is 4.62. The largest absolute Gasteiger partial charge is 0.495 e. The number of hydrogen-bond acceptors (Lipinski definition) is 6. The van der Waals surface area contributed by atoms with Crippen LogP contribution >= 0.6 is 15.9 Å². The first-order valence-electron chi connectivity index (χ1n) is 5.34.